The molecule has 0 saturated carbocycles. The molecular formula is C8H9NO2. The molecule has 0 aliphatic rings. The van der Waals surface area contributed by atoms with Crippen LogP contribution in [0.15, 0.2) is 30.3 Å². The number of hydrogen-bond acceptors (Lipinski definition) is 2. The molecule has 11 heavy (non-hydrogen) atoms. The first-order valence-corrected chi connectivity index (χ1v) is 3.14. The summed E-state index contributed by atoms with van der Waals surface area (Å²) in [5.74, 6) is -0.308. The first-order chi connectivity index (χ1) is 5.74. The van der Waals surface area contributed by atoms with Crippen LogP contribution in [-0.2, 0) is 4.84 Å². The van der Waals surface area contributed by atoms with Crippen molar-refractivity contribution in [2.45, 2.75) is 0 Å². The molecule has 0 unspecified atom stereocenters. The van der Waals surface area contributed by atoms with Gasteiger partial charge in [0.1, 0.15) is 0 Å². The zero-order valence-corrected chi connectivity index (χ0v) is 6.13. The zero-order valence-electron chi connectivity index (χ0n) is 7.13. The summed E-state index contributed by atoms with van der Waals surface area (Å²) in [5.41, 5.74) is 2.66. The summed E-state index contributed by atoms with van der Waals surface area (Å²) in [7, 11) is 1.37. The minimum absolute atomic E-state index is 0.308. The SMILES string of the molecule is [2H]c1ccc(C(=O)NOC)cc1. The average molecular weight is 152 g/mol. The van der Waals surface area contributed by atoms with E-state index in [0.717, 1.165) is 0 Å². The van der Waals surface area contributed by atoms with Crippen LogP contribution >= 0.6 is 0 Å². The van der Waals surface area contributed by atoms with Crippen LogP contribution in [0.2, 0.25) is 0 Å². The van der Waals surface area contributed by atoms with E-state index in [0.29, 0.717) is 11.6 Å². The topological polar surface area (TPSA) is 38.3 Å². The second kappa shape index (κ2) is 3.73. The van der Waals surface area contributed by atoms with Crippen molar-refractivity contribution in [3.05, 3.63) is 35.9 Å². The number of benzene rings is 1. The van der Waals surface area contributed by atoms with Crippen LogP contribution in [0.25, 0.3) is 0 Å². The van der Waals surface area contributed by atoms with Crippen LogP contribution in [0.5, 0.6) is 0 Å². The van der Waals surface area contributed by atoms with Crippen molar-refractivity contribution in [1.29, 1.82) is 0 Å². The first kappa shape index (κ1) is 6.37. The molecule has 0 fully saturated rings. The minimum atomic E-state index is -0.308. The lowest BCUT2D eigenvalue weighted by Gasteiger charge is -1.99. The van der Waals surface area contributed by atoms with E-state index in [4.69, 9.17) is 1.37 Å². The third kappa shape index (κ3) is 2.05. The van der Waals surface area contributed by atoms with Gasteiger partial charge in [-0.15, -0.1) is 0 Å². The van der Waals surface area contributed by atoms with Crippen molar-refractivity contribution in [3.63, 3.8) is 0 Å². The van der Waals surface area contributed by atoms with E-state index in [9.17, 15) is 4.79 Å². The molecule has 58 valence electrons. The molecule has 1 rings (SSSR count). The van der Waals surface area contributed by atoms with Crippen LogP contribution in [0, 0.1) is 0 Å². The molecule has 0 saturated heterocycles. The largest absolute Gasteiger partial charge is 0.277 e. The highest BCUT2D eigenvalue weighted by Gasteiger charge is 2.00. The Labute approximate surface area is 66.3 Å². The summed E-state index contributed by atoms with van der Waals surface area (Å²) in [6.45, 7) is 0. The molecular weight excluding hydrogens is 142 g/mol. The van der Waals surface area contributed by atoms with Gasteiger partial charge in [-0.25, -0.2) is 5.48 Å². The number of amides is 1. The maximum atomic E-state index is 11.1. The van der Waals surface area contributed by atoms with Gasteiger partial charge in [-0.05, 0) is 12.1 Å². The van der Waals surface area contributed by atoms with Crippen LogP contribution in [0.3, 0.4) is 0 Å². The normalized spacial score (nSPS) is 10.5. The summed E-state index contributed by atoms with van der Waals surface area (Å²) in [6.07, 6.45) is 0. The van der Waals surface area contributed by atoms with E-state index in [1.807, 2.05) is 0 Å². The van der Waals surface area contributed by atoms with Gasteiger partial charge in [-0.1, -0.05) is 18.2 Å². The quantitative estimate of drug-likeness (QED) is 0.641. The first-order valence-electron chi connectivity index (χ1n) is 3.64. The van der Waals surface area contributed by atoms with E-state index in [2.05, 4.69) is 10.3 Å². The number of rotatable bonds is 2. The van der Waals surface area contributed by atoms with Crippen molar-refractivity contribution in [2.24, 2.45) is 0 Å². The predicted molar refractivity (Wildman–Crippen MR) is 40.9 cm³/mol. The smallest absolute Gasteiger partial charge is 0.274 e. The Morgan fingerprint density at radius 3 is 2.82 bits per heavy atom. The molecule has 1 aromatic carbocycles. The van der Waals surface area contributed by atoms with Crippen LogP contribution in [0.1, 0.15) is 11.7 Å². The van der Waals surface area contributed by atoms with Crippen molar-refractivity contribution >= 4 is 5.91 Å². The number of carbonyl (C=O) groups is 1. The van der Waals surface area contributed by atoms with Gasteiger partial charge in [-0.2, -0.15) is 0 Å². The number of carbonyl (C=O) groups excluding carboxylic acids is 1. The van der Waals surface area contributed by atoms with Gasteiger partial charge in [0, 0.05) is 5.56 Å². The third-order valence-electron chi connectivity index (χ3n) is 1.18. The molecule has 0 bridgehead atoms. The monoisotopic (exact) mass is 152 g/mol. The van der Waals surface area contributed by atoms with Crippen LogP contribution in [-0.4, -0.2) is 13.0 Å². The summed E-state index contributed by atoms with van der Waals surface area (Å²) >= 11 is 0. The van der Waals surface area contributed by atoms with Crippen molar-refractivity contribution in [3.8, 4) is 0 Å². The highest BCUT2D eigenvalue weighted by molar-refractivity contribution is 5.93. The summed E-state index contributed by atoms with van der Waals surface area (Å²) < 4.78 is 7.17. The lowest BCUT2D eigenvalue weighted by molar-refractivity contribution is 0.0537. The van der Waals surface area contributed by atoms with Crippen molar-refractivity contribution < 1.29 is 11.0 Å². The van der Waals surface area contributed by atoms with Crippen LogP contribution in [0.4, 0.5) is 0 Å². The molecule has 0 aliphatic heterocycles. The lowest BCUT2D eigenvalue weighted by Crippen LogP contribution is -2.21. The second-order valence-corrected chi connectivity index (χ2v) is 1.92. The summed E-state index contributed by atoms with van der Waals surface area (Å²) in [4.78, 5) is 15.5. The van der Waals surface area contributed by atoms with E-state index in [1.165, 1.54) is 7.11 Å². The number of nitrogens with one attached hydrogen (secondary N) is 1. The Kier molecular flexibility index (Phi) is 2.16. The summed E-state index contributed by atoms with van der Waals surface area (Å²) in [5, 5.41) is 0. The number of hydroxylamine groups is 1. The van der Waals surface area contributed by atoms with E-state index in [-0.39, 0.29) is 5.91 Å². The average Bonchev–Trinajstić information content (AvgIpc) is 2.06. The molecule has 1 aromatic rings. The lowest BCUT2D eigenvalue weighted by atomic mass is 10.2. The van der Waals surface area contributed by atoms with E-state index in [1.54, 1.807) is 24.3 Å². The Morgan fingerprint density at radius 2 is 2.27 bits per heavy atom. The maximum Gasteiger partial charge on any atom is 0.274 e. The van der Waals surface area contributed by atoms with Gasteiger partial charge in [0.15, 0.2) is 0 Å². The molecule has 3 nitrogen and oxygen atoms in total. The second-order valence-electron chi connectivity index (χ2n) is 1.92. The zero-order chi connectivity index (χ0) is 8.97. The Balaban J connectivity index is 2.75. The molecule has 1 amide bonds. The molecule has 0 aromatic heterocycles. The van der Waals surface area contributed by atoms with Gasteiger partial charge in [0.25, 0.3) is 5.91 Å². The minimum Gasteiger partial charge on any atom is -0.277 e. The Bertz CT molecular complexity index is 271. The maximum absolute atomic E-state index is 11.1. The van der Waals surface area contributed by atoms with Gasteiger partial charge in [0.05, 0.1) is 8.48 Å². The van der Waals surface area contributed by atoms with Gasteiger partial charge >= 0.3 is 0 Å². The molecule has 0 spiro atoms. The number of hydrogen-bond donors (Lipinski definition) is 1. The molecule has 0 aliphatic carbocycles. The van der Waals surface area contributed by atoms with Gasteiger partial charge in [0.2, 0.25) is 0 Å². The molecule has 1 N–H and O–H groups in total. The third-order valence-corrected chi connectivity index (χ3v) is 1.18. The highest BCUT2D eigenvalue weighted by atomic mass is 16.6. The predicted octanol–water partition coefficient (Wildman–Crippen LogP) is 0.978. The standard InChI is InChI=1S/C8H9NO2/c1-11-9-8(10)7-5-3-2-4-6-7/h2-6H,1H3,(H,9,10)/i2D. The Hall–Kier alpha value is -1.35. The highest BCUT2D eigenvalue weighted by Crippen LogP contribution is 1.96. The van der Waals surface area contributed by atoms with Crippen LogP contribution < -0.4 is 5.48 Å². The van der Waals surface area contributed by atoms with E-state index < -0.39 is 0 Å². The molecule has 0 radical (unpaired) electrons. The Morgan fingerprint density at radius 1 is 1.64 bits per heavy atom. The van der Waals surface area contributed by atoms with Gasteiger partial charge in [-0.3, -0.25) is 9.63 Å². The molecule has 3 heteroatoms. The summed E-state index contributed by atoms with van der Waals surface area (Å²) in [6, 6.07) is 6.60. The molecule has 0 heterocycles. The fourth-order valence-corrected chi connectivity index (χ4v) is 0.690. The fourth-order valence-electron chi connectivity index (χ4n) is 0.690. The van der Waals surface area contributed by atoms with Gasteiger partial charge < -0.3 is 0 Å². The fraction of sp³-hybridized carbons (Fsp3) is 0.125. The van der Waals surface area contributed by atoms with Crippen molar-refractivity contribution in [2.75, 3.05) is 7.11 Å². The molecule has 0 atom stereocenters. The van der Waals surface area contributed by atoms with Crippen molar-refractivity contribution in [1.82, 2.24) is 5.48 Å². The van der Waals surface area contributed by atoms with E-state index >= 15 is 0 Å².